The molecule has 0 aliphatic carbocycles. The van der Waals surface area contributed by atoms with E-state index in [-0.39, 0.29) is 30.3 Å². The lowest BCUT2D eigenvalue weighted by Gasteiger charge is -2.21. The van der Waals surface area contributed by atoms with Crippen LogP contribution in [0.3, 0.4) is 0 Å². The summed E-state index contributed by atoms with van der Waals surface area (Å²) in [5, 5.41) is 11.1. The van der Waals surface area contributed by atoms with Crippen LogP contribution < -0.4 is 5.56 Å². The van der Waals surface area contributed by atoms with Crippen LogP contribution in [-0.2, 0) is 17.7 Å². The van der Waals surface area contributed by atoms with Gasteiger partial charge in [-0.25, -0.2) is 13.8 Å². The summed E-state index contributed by atoms with van der Waals surface area (Å²) in [6.07, 6.45) is 0.638. The SMILES string of the molecule is CCc1cc2c(=O)n(CC(O)COC(c3ccc(F)cc3)c3ccc(F)cc3)cnc2s1. The van der Waals surface area contributed by atoms with E-state index in [0.717, 1.165) is 11.3 Å². The van der Waals surface area contributed by atoms with Crippen LogP contribution in [0.25, 0.3) is 10.2 Å². The van der Waals surface area contributed by atoms with E-state index in [9.17, 15) is 18.7 Å². The van der Waals surface area contributed by atoms with Crippen LogP contribution in [-0.4, -0.2) is 27.4 Å². The normalized spacial score (nSPS) is 12.5. The summed E-state index contributed by atoms with van der Waals surface area (Å²) < 4.78 is 34.1. The smallest absolute Gasteiger partial charge is 0.262 e. The highest BCUT2D eigenvalue weighted by atomic mass is 32.1. The summed E-state index contributed by atoms with van der Waals surface area (Å²) in [6.45, 7) is 1.94. The number of ether oxygens (including phenoxy) is 1. The van der Waals surface area contributed by atoms with Gasteiger partial charge in [0.15, 0.2) is 0 Å². The van der Waals surface area contributed by atoms with Gasteiger partial charge in [-0.2, -0.15) is 0 Å². The molecule has 2 heterocycles. The number of thiophene rings is 1. The summed E-state index contributed by atoms with van der Waals surface area (Å²) in [4.78, 5) is 18.8. The summed E-state index contributed by atoms with van der Waals surface area (Å²) in [6, 6.07) is 13.4. The van der Waals surface area contributed by atoms with Crippen molar-refractivity contribution in [2.24, 2.45) is 0 Å². The zero-order chi connectivity index (χ0) is 22.7. The average molecular weight is 457 g/mol. The van der Waals surface area contributed by atoms with E-state index >= 15 is 0 Å². The maximum atomic E-state index is 13.4. The quantitative estimate of drug-likeness (QED) is 0.425. The van der Waals surface area contributed by atoms with E-state index in [1.165, 1.54) is 46.5 Å². The third-order valence-corrected chi connectivity index (χ3v) is 6.31. The fourth-order valence-electron chi connectivity index (χ4n) is 3.46. The summed E-state index contributed by atoms with van der Waals surface area (Å²) in [5.41, 5.74) is 1.12. The van der Waals surface area contributed by atoms with Crippen molar-refractivity contribution in [3.8, 4) is 0 Å². The first-order valence-electron chi connectivity index (χ1n) is 10.2. The van der Waals surface area contributed by atoms with Gasteiger partial charge in [0.2, 0.25) is 0 Å². The summed E-state index contributed by atoms with van der Waals surface area (Å²) in [7, 11) is 0. The van der Waals surface area contributed by atoms with Gasteiger partial charge in [0.1, 0.15) is 22.6 Å². The lowest BCUT2D eigenvalue weighted by molar-refractivity contribution is -0.00102. The Labute approximate surface area is 187 Å². The molecule has 2 aromatic heterocycles. The van der Waals surface area contributed by atoms with Crippen molar-refractivity contribution in [2.45, 2.75) is 32.1 Å². The minimum Gasteiger partial charge on any atom is -0.389 e. The molecule has 1 N–H and O–H groups in total. The van der Waals surface area contributed by atoms with Crippen LogP contribution in [0.15, 0.2) is 65.7 Å². The molecule has 0 saturated carbocycles. The number of aliphatic hydroxyl groups excluding tert-OH is 1. The van der Waals surface area contributed by atoms with Crippen LogP contribution in [0.2, 0.25) is 0 Å². The molecule has 0 aliphatic rings. The molecule has 8 heteroatoms. The number of rotatable bonds is 8. The lowest BCUT2D eigenvalue weighted by Crippen LogP contribution is -2.30. The highest BCUT2D eigenvalue weighted by molar-refractivity contribution is 7.18. The van der Waals surface area contributed by atoms with Crippen molar-refractivity contribution < 1.29 is 18.6 Å². The van der Waals surface area contributed by atoms with Gasteiger partial charge in [-0.15, -0.1) is 11.3 Å². The van der Waals surface area contributed by atoms with Crippen LogP contribution in [0.1, 0.15) is 29.0 Å². The fourth-order valence-corrected chi connectivity index (χ4v) is 4.39. The van der Waals surface area contributed by atoms with Gasteiger partial charge in [-0.05, 0) is 47.9 Å². The average Bonchev–Trinajstić information content (AvgIpc) is 3.22. The van der Waals surface area contributed by atoms with Gasteiger partial charge < -0.3 is 9.84 Å². The molecule has 0 amide bonds. The first-order valence-corrected chi connectivity index (χ1v) is 11.0. The Hall–Kier alpha value is -2.94. The number of aromatic nitrogens is 2. The first-order chi connectivity index (χ1) is 15.4. The first kappa shape index (κ1) is 22.3. The highest BCUT2D eigenvalue weighted by Gasteiger charge is 2.18. The zero-order valence-corrected chi connectivity index (χ0v) is 18.2. The molecular formula is C24H22F2N2O3S. The van der Waals surface area contributed by atoms with Gasteiger partial charge >= 0.3 is 0 Å². The molecule has 2 aromatic carbocycles. The predicted molar refractivity (Wildman–Crippen MR) is 120 cm³/mol. The molecular weight excluding hydrogens is 434 g/mol. The molecule has 32 heavy (non-hydrogen) atoms. The third-order valence-electron chi connectivity index (χ3n) is 5.13. The molecule has 1 atom stereocenters. The Morgan fingerprint density at radius 2 is 1.66 bits per heavy atom. The molecule has 0 spiro atoms. The highest BCUT2D eigenvalue weighted by Crippen LogP contribution is 2.27. The summed E-state index contributed by atoms with van der Waals surface area (Å²) in [5.74, 6) is -0.762. The maximum Gasteiger partial charge on any atom is 0.262 e. The molecule has 5 nitrogen and oxygen atoms in total. The second-order valence-corrected chi connectivity index (χ2v) is 8.57. The van der Waals surface area contributed by atoms with Crippen molar-refractivity contribution in [3.05, 3.63) is 98.9 Å². The van der Waals surface area contributed by atoms with Crippen LogP contribution >= 0.6 is 11.3 Å². The molecule has 0 fully saturated rings. The van der Waals surface area contributed by atoms with Gasteiger partial charge in [0.05, 0.1) is 31.0 Å². The minimum absolute atomic E-state index is 0.0125. The van der Waals surface area contributed by atoms with E-state index in [1.54, 1.807) is 24.3 Å². The number of nitrogens with zero attached hydrogens (tertiary/aromatic N) is 2. The number of benzene rings is 2. The topological polar surface area (TPSA) is 64.4 Å². The molecule has 4 rings (SSSR count). The van der Waals surface area contributed by atoms with E-state index in [4.69, 9.17) is 4.74 Å². The predicted octanol–water partition coefficient (Wildman–Crippen LogP) is 4.47. The van der Waals surface area contributed by atoms with Crippen LogP contribution in [0.4, 0.5) is 8.78 Å². The number of aliphatic hydroxyl groups is 1. The molecule has 0 aliphatic heterocycles. The second-order valence-electron chi connectivity index (χ2n) is 7.46. The number of hydrogen-bond acceptors (Lipinski definition) is 5. The standard InChI is InChI=1S/C24H22F2N2O3S/c1-2-20-11-21-23(32-20)27-14-28(24(21)30)12-19(29)13-31-22(15-3-7-17(25)8-4-15)16-5-9-18(26)10-6-16/h3-11,14,19,22,29H,2,12-13H2,1H3. The lowest BCUT2D eigenvalue weighted by atomic mass is 10.0. The monoisotopic (exact) mass is 456 g/mol. The number of fused-ring (bicyclic) bond motifs is 1. The number of aryl methyl sites for hydroxylation is 1. The molecule has 0 radical (unpaired) electrons. The largest absolute Gasteiger partial charge is 0.389 e. The Morgan fingerprint density at radius 3 is 2.22 bits per heavy atom. The van der Waals surface area contributed by atoms with Crippen molar-refractivity contribution in [1.82, 2.24) is 9.55 Å². The molecule has 1 unspecified atom stereocenters. The molecule has 166 valence electrons. The van der Waals surface area contributed by atoms with Gasteiger partial charge in [0, 0.05) is 4.88 Å². The Morgan fingerprint density at radius 1 is 1.06 bits per heavy atom. The van der Waals surface area contributed by atoms with Crippen LogP contribution in [0, 0.1) is 11.6 Å². The number of hydrogen-bond donors (Lipinski definition) is 1. The van der Waals surface area contributed by atoms with E-state index in [1.807, 2.05) is 13.0 Å². The van der Waals surface area contributed by atoms with Crippen molar-refractivity contribution in [1.29, 1.82) is 0 Å². The zero-order valence-electron chi connectivity index (χ0n) is 17.4. The van der Waals surface area contributed by atoms with Gasteiger partial charge in [-0.3, -0.25) is 9.36 Å². The van der Waals surface area contributed by atoms with Gasteiger partial charge in [-0.1, -0.05) is 31.2 Å². The summed E-state index contributed by atoms with van der Waals surface area (Å²) >= 11 is 1.49. The molecule has 4 aromatic rings. The molecule has 0 saturated heterocycles. The Bertz CT molecular complexity index is 1210. The number of halogens is 2. The third kappa shape index (κ3) is 4.93. The maximum absolute atomic E-state index is 13.4. The Balaban J connectivity index is 1.51. The van der Waals surface area contributed by atoms with Crippen LogP contribution in [0.5, 0.6) is 0 Å². The van der Waals surface area contributed by atoms with Crippen molar-refractivity contribution in [3.63, 3.8) is 0 Å². The van der Waals surface area contributed by atoms with Crippen molar-refractivity contribution in [2.75, 3.05) is 6.61 Å². The fraction of sp³-hybridized carbons (Fsp3) is 0.250. The second kappa shape index (κ2) is 9.68. The minimum atomic E-state index is -0.986. The molecule has 0 bridgehead atoms. The van der Waals surface area contributed by atoms with E-state index < -0.39 is 12.2 Å². The van der Waals surface area contributed by atoms with Crippen molar-refractivity contribution >= 4 is 21.6 Å². The van der Waals surface area contributed by atoms with E-state index in [0.29, 0.717) is 21.3 Å². The Kier molecular flexibility index (Phi) is 6.74. The van der Waals surface area contributed by atoms with Gasteiger partial charge in [0.25, 0.3) is 5.56 Å². The van der Waals surface area contributed by atoms with E-state index in [2.05, 4.69) is 4.98 Å².